The van der Waals surface area contributed by atoms with Crippen LogP contribution in [0.3, 0.4) is 0 Å². The molecule has 1 amide bonds. The first kappa shape index (κ1) is 13.1. The van der Waals surface area contributed by atoms with E-state index in [1.807, 2.05) is 0 Å². The average molecular weight is 305 g/mol. The highest BCUT2D eigenvalue weighted by Gasteiger charge is 2.07. The van der Waals surface area contributed by atoms with E-state index >= 15 is 0 Å². The molecule has 0 heterocycles. The molecule has 1 aromatic rings. The summed E-state index contributed by atoms with van der Waals surface area (Å²) in [5.74, 6) is -0.815. The number of nitrogens with two attached hydrogens (primary N) is 1. The van der Waals surface area contributed by atoms with E-state index in [0.29, 0.717) is 22.4 Å². The van der Waals surface area contributed by atoms with Gasteiger partial charge >= 0.3 is 0 Å². The Labute approximate surface area is 106 Å². The number of benzene rings is 1. The summed E-state index contributed by atoms with van der Waals surface area (Å²) in [4.78, 5) is 11.9. The van der Waals surface area contributed by atoms with E-state index in [1.165, 1.54) is 12.1 Å². The SMILES string of the molecule is NC(=S)CCNC(=O)c1cc(F)cc(Br)c1. The van der Waals surface area contributed by atoms with Crippen molar-refractivity contribution in [3.8, 4) is 0 Å². The van der Waals surface area contributed by atoms with Gasteiger partial charge in [-0.25, -0.2) is 4.39 Å². The topological polar surface area (TPSA) is 55.1 Å². The molecule has 0 radical (unpaired) electrons. The molecule has 3 nitrogen and oxygen atoms in total. The second-order valence-electron chi connectivity index (χ2n) is 3.13. The number of thiocarbonyl (C=S) groups is 1. The highest BCUT2D eigenvalue weighted by molar-refractivity contribution is 9.10. The van der Waals surface area contributed by atoms with Gasteiger partial charge in [0.05, 0.1) is 4.99 Å². The minimum atomic E-state index is -0.464. The van der Waals surface area contributed by atoms with E-state index in [-0.39, 0.29) is 11.5 Å². The zero-order valence-corrected chi connectivity index (χ0v) is 10.7. The van der Waals surface area contributed by atoms with Gasteiger partial charge < -0.3 is 11.1 Å². The molecule has 0 aromatic heterocycles. The lowest BCUT2D eigenvalue weighted by atomic mass is 10.2. The number of nitrogens with one attached hydrogen (secondary N) is 1. The Kier molecular flexibility index (Phi) is 4.82. The summed E-state index contributed by atoms with van der Waals surface area (Å²) in [5, 5.41) is 2.59. The third-order valence-electron chi connectivity index (χ3n) is 1.78. The smallest absolute Gasteiger partial charge is 0.251 e. The molecule has 0 aliphatic carbocycles. The van der Waals surface area contributed by atoms with Crippen LogP contribution in [0, 0.1) is 5.82 Å². The van der Waals surface area contributed by atoms with E-state index in [0.717, 1.165) is 0 Å². The van der Waals surface area contributed by atoms with E-state index in [2.05, 4.69) is 33.5 Å². The van der Waals surface area contributed by atoms with Gasteiger partial charge in [0.15, 0.2) is 0 Å². The minimum Gasteiger partial charge on any atom is -0.393 e. The van der Waals surface area contributed by atoms with Crippen molar-refractivity contribution in [3.63, 3.8) is 0 Å². The molecule has 0 aliphatic heterocycles. The van der Waals surface area contributed by atoms with E-state index in [9.17, 15) is 9.18 Å². The molecule has 1 rings (SSSR count). The minimum absolute atomic E-state index is 0.259. The number of hydrogen-bond donors (Lipinski definition) is 2. The number of carbonyl (C=O) groups excluding carboxylic acids is 1. The third kappa shape index (κ3) is 4.24. The normalized spacial score (nSPS) is 9.88. The van der Waals surface area contributed by atoms with E-state index in [4.69, 9.17) is 5.73 Å². The Morgan fingerprint density at radius 1 is 1.50 bits per heavy atom. The summed E-state index contributed by atoms with van der Waals surface area (Å²) in [6, 6.07) is 3.99. The highest BCUT2D eigenvalue weighted by atomic mass is 79.9. The van der Waals surface area contributed by atoms with Crippen LogP contribution in [0.5, 0.6) is 0 Å². The van der Waals surface area contributed by atoms with Gasteiger partial charge in [0.25, 0.3) is 5.91 Å². The molecule has 0 fully saturated rings. The zero-order chi connectivity index (χ0) is 12.1. The lowest BCUT2D eigenvalue weighted by Crippen LogP contribution is -2.27. The molecular weight excluding hydrogens is 295 g/mol. The number of rotatable bonds is 4. The molecule has 0 saturated heterocycles. The van der Waals surface area contributed by atoms with Crippen LogP contribution in [0.1, 0.15) is 16.8 Å². The first-order valence-corrected chi connectivity index (χ1v) is 5.72. The predicted octanol–water partition coefficient (Wildman–Crippen LogP) is 1.99. The fourth-order valence-corrected chi connectivity index (χ4v) is 1.65. The number of halogens is 2. The summed E-state index contributed by atoms with van der Waals surface area (Å²) >= 11 is 7.78. The van der Waals surface area contributed by atoms with Crippen LogP contribution in [0.2, 0.25) is 0 Å². The molecule has 0 bridgehead atoms. The highest BCUT2D eigenvalue weighted by Crippen LogP contribution is 2.14. The molecule has 0 unspecified atom stereocenters. The van der Waals surface area contributed by atoms with Crippen molar-refractivity contribution in [3.05, 3.63) is 34.1 Å². The number of amides is 1. The largest absolute Gasteiger partial charge is 0.393 e. The van der Waals surface area contributed by atoms with Crippen molar-refractivity contribution in [2.75, 3.05) is 6.54 Å². The van der Waals surface area contributed by atoms with Gasteiger partial charge in [-0.2, -0.15) is 0 Å². The van der Waals surface area contributed by atoms with Gasteiger partial charge in [0, 0.05) is 23.0 Å². The van der Waals surface area contributed by atoms with Crippen LogP contribution < -0.4 is 11.1 Å². The van der Waals surface area contributed by atoms with Crippen LogP contribution in [-0.2, 0) is 0 Å². The van der Waals surface area contributed by atoms with E-state index < -0.39 is 5.82 Å². The second kappa shape index (κ2) is 5.91. The standard InChI is InChI=1S/C10H10BrFN2OS/c11-7-3-6(4-8(12)5-7)10(15)14-2-1-9(13)16/h3-5H,1-2H2,(H2,13,16)(H,14,15). The molecule has 16 heavy (non-hydrogen) atoms. The summed E-state index contributed by atoms with van der Waals surface area (Å²) in [5.41, 5.74) is 5.54. The van der Waals surface area contributed by atoms with Crippen molar-refractivity contribution < 1.29 is 9.18 Å². The fraction of sp³-hybridized carbons (Fsp3) is 0.200. The van der Waals surface area contributed by atoms with Crippen LogP contribution >= 0.6 is 28.1 Å². The van der Waals surface area contributed by atoms with Crippen LogP contribution in [-0.4, -0.2) is 17.4 Å². The molecule has 0 aliphatic rings. The van der Waals surface area contributed by atoms with Crippen molar-refractivity contribution in [2.45, 2.75) is 6.42 Å². The maximum absolute atomic E-state index is 13.0. The van der Waals surface area contributed by atoms with Crippen LogP contribution in [0.25, 0.3) is 0 Å². The van der Waals surface area contributed by atoms with Crippen LogP contribution in [0.4, 0.5) is 4.39 Å². The third-order valence-corrected chi connectivity index (χ3v) is 2.44. The lowest BCUT2D eigenvalue weighted by molar-refractivity contribution is 0.0954. The first-order chi connectivity index (χ1) is 7.49. The van der Waals surface area contributed by atoms with Crippen LogP contribution in [0.15, 0.2) is 22.7 Å². The van der Waals surface area contributed by atoms with Gasteiger partial charge in [-0.3, -0.25) is 4.79 Å². The molecular formula is C10H10BrFN2OS. The maximum Gasteiger partial charge on any atom is 0.251 e. The molecule has 0 saturated carbocycles. The summed E-state index contributed by atoms with van der Waals surface area (Å²) in [6.45, 7) is 0.350. The first-order valence-electron chi connectivity index (χ1n) is 4.51. The monoisotopic (exact) mass is 304 g/mol. The van der Waals surface area contributed by atoms with Crippen molar-refractivity contribution >= 4 is 39.0 Å². The molecule has 0 spiro atoms. The molecule has 3 N–H and O–H groups in total. The quantitative estimate of drug-likeness (QED) is 0.837. The Bertz CT molecular complexity index is 405. The molecule has 1 aromatic carbocycles. The Balaban J connectivity index is 2.62. The van der Waals surface area contributed by atoms with Crippen molar-refractivity contribution in [1.29, 1.82) is 0 Å². The summed E-state index contributed by atoms with van der Waals surface area (Å²) in [7, 11) is 0. The van der Waals surface area contributed by atoms with E-state index in [1.54, 1.807) is 6.07 Å². The summed E-state index contributed by atoms with van der Waals surface area (Å²) in [6.07, 6.45) is 0.428. The fourth-order valence-electron chi connectivity index (χ4n) is 1.09. The zero-order valence-electron chi connectivity index (χ0n) is 8.30. The Morgan fingerprint density at radius 2 is 2.19 bits per heavy atom. The average Bonchev–Trinajstić information content (AvgIpc) is 2.15. The molecule has 0 atom stereocenters. The molecule has 86 valence electrons. The predicted molar refractivity (Wildman–Crippen MR) is 67.8 cm³/mol. The van der Waals surface area contributed by atoms with Gasteiger partial charge in [0.2, 0.25) is 0 Å². The van der Waals surface area contributed by atoms with Gasteiger partial charge in [-0.1, -0.05) is 28.1 Å². The molecule has 6 heteroatoms. The Hall–Kier alpha value is -1.01. The number of carbonyl (C=O) groups is 1. The Morgan fingerprint density at radius 3 is 2.75 bits per heavy atom. The lowest BCUT2D eigenvalue weighted by Gasteiger charge is -2.05. The second-order valence-corrected chi connectivity index (χ2v) is 4.57. The van der Waals surface area contributed by atoms with Crippen molar-refractivity contribution in [1.82, 2.24) is 5.32 Å². The van der Waals surface area contributed by atoms with Gasteiger partial charge in [-0.15, -0.1) is 0 Å². The maximum atomic E-state index is 13.0. The summed E-state index contributed by atoms with van der Waals surface area (Å²) < 4.78 is 13.5. The van der Waals surface area contributed by atoms with Gasteiger partial charge in [0.1, 0.15) is 5.82 Å². The van der Waals surface area contributed by atoms with Crippen molar-refractivity contribution in [2.24, 2.45) is 5.73 Å². The number of hydrogen-bond acceptors (Lipinski definition) is 2. The van der Waals surface area contributed by atoms with Gasteiger partial charge in [-0.05, 0) is 18.2 Å².